The molecular weight excluding hydrogens is 308 g/mol. The van der Waals surface area contributed by atoms with Gasteiger partial charge in [0.25, 0.3) is 0 Å². The van der Waals surface area contributed by atoms with E-state index in [0.717, 1.165) is 37.3 Å². The van der Waals surface area contributed by atoms with Gasteiger partial charge in [0, 0.05) is 31.4 Å². The third-order valence-electron chi connectivity index (χ3n) is 4.65. The number of piperidine rings is 1. The maximum Gasteiger partial charge on any atom is 0.315 e. The van der Waals surface area contributed by atoms with E-state index in [2.05, 4.69) is 41.8 Å². The quantitative estimate of drug-likeness (QED) is 0.734. The molecule has 0 atom stereocenters. The zero-order valence-corrected chi connectivity index (χ0v) is 12.9. The molecule has 0 unspecified atom stereocenters. The summed E-state index contributed by atoms with van der Waals surface area (Å²) in [7, 11) is 0. The topological polar surface area (TPSA) is 123 Å². The lowest BCUT2D eigenvalue weighted by Crippen LogP contribution is -2.52. The minimum absolute atomic E-state index is 0.0936. The smallest absolute Gasteiger partial charge is 0.315 e. The Balaban J connectivity index is 1.57. The zero-order valence-electron chi connectivity index (χ0n) is 12.9. The molecule has 2 aliphatic rings. The number of carbonyl (C=O) groups is 1. The molecule has 0 radical (unpaired) electrons. The normalized spacial score (nSPS) is 19.0. The molecule has 9 heteroatoms. The highest BCUT2D eigenvalue weighted by atomic mass is 16.2. The fourth-order valence-corrected chi connectivity index (χ4v) is 3.24. The lowest BCUT2D eigenvalue weighted by molar-refractivity contribution is 0.240. The maximum atomic E-state index is 11.4. The van der Waals surface area contributed by atoms with E-state index in [1.165, 1.54) is 0 Å². The summed E-state index contributed by atoms with van der Waals surface area (Å²) >= 11 is 0. The van der Waals surface area contributed by atoms with Crippen molar-refractivity contribution in [1.29, 1.82) is 5.26 Å². The molecular formula is C15H16N8O. The molecule has 9 nitrogen and oxygen atoms in total. The van der Waals surface area contributed by atoms with E-state index in [0.29, 0.717) is 12.2 Å². The summed E-state index contributed by atoms with van der Waals surface area (Å²) in [6.07, 6.45) is 6.63. The molecule has 2 saturated heterocycles. The summed E-state index contributed by atoms with van der Waals surface area (Å²) in [6, 6.07) is 1.98. The lowest BCUT2D eigenvalue weighted by Gasteiger charge is -2.38. The van der Waals surface area contributed by atoms with Gasteiger partial charge in [0.15, 0.2) is 5.69 Å². The highest BCUT2D eigenvalue weighted by molar-refractivity contribution is 5.77. The number of anilines is 1. The van der Waals surface area contributed by atoms with E-state index in [1.807, 2.05) is 0 Å². The standard InChI is InChI=1S/C15H16N8O/c16-5-11-13(10-6-19-20-7-10)21-12(8-17-11)23-3-1-15(2-4-23)9-18-14(24)22-15/h6-8H,1-4,9H2,(H,19,20)(H2,18,22,24). The number of nitriles is 1. The van der Waals surface area contributed by atoms with E-state index in [-0.39, 0.29) is 17.3 Å². The molecule has 2 amide bonds. The first-order valence-corrected chi connectivity index (χ1v) is 7.76. The number of H-pyrrole nitrogens is 1. The summed E-state index contributed by atoms with van der Waals surface area (Å²) in [6.45, 7) is 2.21. The van der Waals surface area contributed by atoms with Crippen molar-refractivity contribution in [3.05, 3.63) is 24.3 Å². The number of nitrogens with zero attached hydrogens (tertiary/aromatic N) is 5. The SMILES string of the molecule is N#Cc1ncc(N2CCC3(CC2)CNC(=O)N3)nc1-c1cn[nH]c1. The largest absolute Gasteiger partial charge is 0.355 e. The first kappa shape index (κ1) is 14.4. The number of aromatic amines is 1. The molecule has 122 valence electrons. The van der Waals surface area contributed by atoms with Crippen LogP contribution in [0.25, 0.3) is 11.3 Å². The Morgan fingerprint density at radius 1 is 1.29 bits per heavy atom. The Labute approximate surface area is 138 Å². The highest BCUT2D eigenvalue weighted by Gasteiger charge is 2.40. The molecule has 2 fully saturated rings. The highest BCUT2D eigenvalue weighted by Crippen LogP contribution is 2.28. The number of hydrogen-bond donors (Lipinski definition) is 3. The number of aromatic nitrogens is 4. The predicted molar refractivity (Wildman–Crippen MR) is 85.0 cm³/mol. The van der Waals surface area contributed by atoms with Gasteiger partial charge in [-0.3, -0.25) is 5.10 Å². The number of carbonyl (C=O) groups excluding carboxylic acids is 1. The third-order valence-corrected chi connectivity index (χ3v) is 4.65. The van der Waals surface area contributed by atoms with E-state index in [1.54, 1.807) is 18.6 Å². The van der Waals surface area contributed by atoms with Gasteiger partial charge in [0.05, 0.1) is 17.9 Å². The summed E-state index contributed by atoms with van der Waals surface area (Å²) < 4.78 is 0. The van der Waals surface area contributed by atoms with Crippen molar-refractivity contribution in [2.75, 3.05) is 24.5 Å². The molecule has 4 rings (SSSR count). The van der Waals surface area contributed by atoms with E-state index >= 15 is 0 Å². The predicted octanol–water partition coefficient (Wildman–Crippen LogP) is 0.390. The van der Waals surface area contributed by atoms with Crippen LogP contribution in [0.1, 0.15) is 18.5 Å². The van der Waals surface area contributed by atoms with Crippen LogP contribution in [-0.4, -0.2) is 51.4 Å². The van der Waals surface area contributed by atoms with Gasteiger partial charge in [-0.15, -0.1) is 0 Å². The van der Waals surface area contributed by atoms with Gasteiger partial charge >= 0.3 is 6.03 Å². The van der Waals surface area contributed by atoms with Gasteiger partial charge in [0.1, 0.15) is 17.6 Å². The van der Waals surface area contributed by atoms with Gasteiger partial charge < -0.3 is 15.5 Å². The van der Waals surface area contributed by atoms with E-state index < -0.39 is 0 Å². The first-order chi connectivity index (χ1) is 11.7. The van der Waals surface area contributed by atoms with Crippen LogP contribution < -0.4 is 15.5 Å². The van der Waals surface area contributed by atoms with Crippen molar-refractivity contribution >= 4 is 11.8 Å². The van der Waals surface area contributed by atoms with Crippen LogP contribution in [0.4, 0.5) is 10.6 Å². The maximum absolute atomic E-state index is 11.4. The molecule has 0 aromatic carbocycles. The second-order valence-corrected chi connectivity index (χ2v) is 6.10. The van der Waals surface area contributed by atoms with E-state index in [4.69, 9.17) is 0 Å². The molecule has 2 aromatic heterocycles. The Hall–Kier alpha value is -3.15. The molecule has 2 aliphatic heterocycles. The lowest BCUT2D eigenvalue weighted by atomic mass is 9.88. The molecule has 4 heterocycles. The van der Waals surface area contributed by atoms with Crippen LogP contribution in [0.5, 0.6) is 0 Å². The van der Waals surface area contributed by atoms with Crippen molar-refractivity contribution < 1.29 is 4.79 Å². The Kier molecular flexibility index (Phi) is 3.30. The number of rotatable bonds is 2. The summed E-state index contributed by atoms with van der Waals surface area (Å²) in [4.78, 5) is 22.4. The average molecular weight is 324 g/mol. The summed E-state index contributed by atoms with van der Waals surface area (Å²) in [5.41, 5.74) is 1.39. The number of nitrogens with one attached hydrogen (secondary N) is 3. The van der Waals surface area contributed by atoms with Gasteiger partial charge in [-0.25, -0.2) is 14.8 Å². The van der Waals surface area contributed by atoms with Crippen LogP contribution in [0, 0.1) is 11.3 Å². The first-order valence-electron chi connectivity index (χ1n) is 7.76. The number of urea groups is 1. The average Bonchev–Trinajstić information content (AvgIpc) is 3.26. The molecule has 3 N–H and O–H groups in total. The fourth-order valence-electron chi connectivity index (χ4n) is 3.24. The monoisotopic (exact) mass is 324 g/mol. The zero-order chi connectivity index (χ0) is 16.6. The van der Waals surface area contributed by atoms with Gasteiger partial charge in [0.2, 0.25) is 0 Å². The van der Waals surface area contributed by atoms with Crippen LogP contribution in [0.15, 0.2) is 18.6 Å². The Morgan fingerprint density at radius 2 is 2.12 bits per heavy atom. The van der Waals surface area contributed by atoms with Crippen molar-refractivity contribution in [3.63, 3.8) is 0 Å². The molecule has 0 aliphatic carbocycles. The molecule has 0 saturated carbocycles. The van der Waals surface area contributed by atoms with Crippen LogP contribution in [0.3, 0.4) is 0 Å². The summed E-state index contributed by atoms with van der Waals surface area (Å²) in [5.74, 6) is 0.734. The van der Waals surface area contributed by atoms with Gasteiger partial charge in [-0.1, -0.05) is 0 Å². The second-order valence-electron chi connectivity index (χ2n) is 6.10. The Morgan fingerprint density at radius 3 is 2.75 bits per heavy atom. The fraction of sp³-hybridized carbons (Fsp3) is 0.400. The molecule has 1 spiro atoms. The molecule has 0 bridgehead atoms. The van der Waals surface area contributed by atoms with Crippen LogP contribution >= 0.6 is 0 Å². The number of hydrogen-bond acceptors (Lipinski definition) is 6. The van der Waals surface area contributed by atoms with Crippen molar-refractivity contribution in [2.24, 2.45) is 0 Å². The van der Waals surface area contributed by atoms with E-state index in [9.17, 15) is 10.1 Å². The van der Waals surface area contributed by atoms with Crippen molar-refractivity contribution in [2.45, 2.75) is 18.4 Å². The Bertz CT molecular complexity index is 801. The van der Waals surface area contributed by atoms with Crippen molar-refractivity contribution in [1.82, 2.24) is 30.8 Å². The molecule has 24 heavy (non-hydrogen) atoms. The summed E-state index contributed by atoms with van der Waals surface area (Å²) in [5, 5.41) is 21.7. The van der Waals surface area contributed by atoms with Gasteiger partial charge in [-0.2, -0.15) is 10.4 Å². The third kappa shape index (κ3) is 2.42. The minimum Gasteiger partial charge on any atom is -0.355 e. The molecule has 2 aromatic rings. The second kappa shape index (κ2) is 5.49. The van der Waals surface area contributed by atoms with Crippen molar-refractivity contribution in [3.8, 4) is 17.3 Å². The van der Waals surface area contributed by atoms with Crippen LogP contribution in [0.2, 0.25) is 0 Å². The van der Waals surface area contributed by atoms with Gasteiger partial charge in [-0.05, 0) is 12.8 Å². The minimum atomic E-state index is -0.152. The number of amides is 2. The van der Waals surface area contributed by atoms with Crippen LogP contribution in [-0.2, 0) is 0 Å².